The molecule has 0 amide bonds. The lowest BCUT2D eigenvalue weighted by atomic mass is 10.2. The van der Waals surface area contributed by atoms with Gasteiger partial charge in [0.25, 0.3) is 0 Å². The zero-order valence-corrected chi connectivity index (χ0v) is 11.0. The van der Waals surface area contributed by atoms with Crippen molar-refractivity contribution in [1.82, 2.24) is 4.98 Å². The molecule has 0 atom stereocenters. The normalized spacial score (nSPS) is 10.4. The Morgan fingerprint density at radius 3 is 2.94 bits per heavy atom. The monoisotopic (exact) mass is 272 g/mol. The Morgan fingerprint density at radius 1 is 1.44 bits per heavy atom. The molecule has 0 aliphatic carbocycles. The van der Waals surface area contributed by atoms with Crippen LogP contribution < -0.4 is 5.32 Å². The predicted octanol–water partition coefficient (Wildman–Crippen LogP) is 4.59. The van der Waals surface area contributed by atoms with Crippen molar-refractivity contribution in [2.24, 2.45) is 0 Å². The smallest absolute Gasteiger partial charge is 0.187 e. The number of nitrogens with zero attached hydrogens (tertiary/aromatic N) is 1. The van der Waals surface area contributed by atoms with Crippen LogP contribution in [0, 0.1) is 6.92 Å². The number of nitrogens with one attached hydrogen (secondary N) is 1. The van der Waals surface area contributed by atoms with Gasteiger partial charge >= 0.3 is 0 Å². The molecule has 16 heavy (non-hydrogen) atoms. The summed E-state index contributed by atoms with van der Waals surface area (Å²) in [6.45, 7) is 1.97. The second kappa shape index (κ2) is 5.04. The molecule has 0 radical (unpaired) electrons. The fourth-order valence-corrected chi connectivity index (χ4v) is 2.41. The molecule has 0 saturated carbocycles. The van der Waals surface area contributed by atoms with Crippen LogP contribution in [0.2, 0.25) is 5.02 Å². The van der Waals surface area contributed by atoms with E-state index in [4.69, 9.17) is 23.2 Å². The van der Waals surface area contributed by atoms with Crippen molar-refractivity contribution in [2.45, 2.75) is 12.8 Å². The number of halogens is 2. The minimum absolute atomic E-state index is 0.437. The molecule has 0 aliphatic rings. The van der Waals surface area contributed by atoms with Crippen molar-refractivity contribution in [1.29, 1.82) is 0 Å². The number of benzene rings is 1. The Hall–Kier alpha value is -0.770. The molecule has 2 nitrogen and oxygen atoms in total. The van der Waals surface area contributed by atoms with E-state index in [9.17, 15) is 0 Å². The molecular formula is C11H10Cl2N2S. The Balaban J connectivity index is 2.23. The topological polar surface area (TPSA) is 24.9 Å². The SMILES string of the molecule is Cc1c(Cl)cccc1Nc1nc(CCl)cs1. The maximum absolute atomic E-state index is 6.03. The van der Waals surface area contributed by atoms with Gasteiger partial charge in [-0.25, -0.2) is 4.98 Å². The summed E-state index contributed by atoms with van der Waals surface area (Å²) in [5.74, 6) is 0.437. The molecule has 0 bridgehead atoms. The van der Waals surface area contributed by atoms with E-state index in [1.165, 1.54) is 11.3 Å². The first-order valence-corrected chi connectivity index (χ1v) is 6.52. The van der Waals surface area contributed by atoms with E-state index in [2.05, 4.69) is 10.3 Å². The molecule has 2 rings (SSSR count). The van der Waals surface area contributed by atoms with Crippen LogP contribution in [0.1, 0.15) is 11.3 Å². The van der Waals surface area contributed by atoms with Gasteiger partial charge in [0.2, 0.25) is 0 Å². The quantitative estimate of drug-likeness (QED) is 0.827. The molecule has 1 N–H and O–H groups in total. The van der Waals surface area contributed by atoms with Gasteiger partial charge in [-0.05, 0) is 24.6 Å². The van der Waals surface area contributed by atoms with E-state index in [1.807, 2.05) is 30.5 Å². The Labute approximate surface area is 108 Å². The number of anilines is 2. The highest BCUT2D eigenvalue weighted by molar-refractivity contribution is 7.13. The van der Waals surface area contributed by atoms with Crippen LogP contribution in [0.5, 0.6) is 0 Å². The third-order valence-corrected chi connectivity index (χ3v) is 3.69. The predicted molar refractivity (Wildman–Crippen MR) is 71.1 cm³/mol. The molecule has 0 aliphatic heterocycles. The number of alkyl halides is 1. The van der Waals surface area contributed by atoms with E-state index in [-0.39, 0.29) is 0 Å². The summed E-state index contributed by atoms with van der Waals surface area (Å²) in [6, 6.07) is 5.75. The van der Waals surface area contributed by atoms with Gasteiger partial charge in [-0.15, -0.1) is 22.9 Å². The summed E-state index contributed by atoms with van der Waals surface area (Å²) >= 11 is 13.3. The molecule has 2 aromatic rings. The largest absolute Gasteiger partial charge is 0.331 e. The Bertz CT molecular complexity index is 496. The Morgan fingerprint density at radius 2 is 2.25 bits per heavy atom. The maximum atomic E-state index is 6.03. The van der Waals surface area contributed by atoms with Crippen LogP contribution in [-0.4, -0.2) is 4.98 Å². The van der Waals surface area contributed by atoms with Crippen molar-refractivity contribution >= 4 is 45.4 Å². The lowest BCUT2D eigenvalue weighted by Crippen LogP contribution is -1.93. The van der Waals surface area contributed by atoms with Crippen molar-refractivity contribution in [2.75, 3.05) is 5.32 Å². The molecule has 0 spiro atoms. The van der Waals surface area contributed by atoms with Gasteiger partial charge in [-0.2, -0.15) is 0 Å². The summed E-state index contributed by atoms with van der Waals surface area (Å²) in [6.07, 6.45) is 0. The second-order valence-electron chi connectivity index (χ2n) is 3.32. The summed E-state index contributed by atoms with van der Waals surface area (Å²) in [5.41, 5.74) is 2.88. The number of rotatable bonds is 3. The van der Waals surface area contributed by atoms with Crippen molar-refractivity contribution in [3.63, 3.8) is 0 Å². The lowest BCUT2D eigenvalue weighted by Gasteiger charge is -2.07. The maximum Gasteiger partial charge on any atom is 0.187 e. The number of thiazole rings is 1. The second-order valence-corrected chi connectivity index (χ2v) is 4.85. The summed E-state index contributed by atoms with van der Waals surface area (Å²) in [7, 11) is 0. The summed E-state index contributed by atoms with van der Waals surface area (Å²) in [4.78, 5) is 4.33. The van der Waals surface area contributed by atoms with Gasteiger partial charge in [0.1, 0.15) is 0 Å². The number of hydrogen-bond donors (Lipinski definition) is 1. The highest BCUT2D eigenvalue weighted by Gasteiger charge is 2.05. The van der Waals surface area contributed by atoms with E-state index in [0.717, 1.165) is 27.1 Å². The average Bonchev–Trinajstić information content (AvgIpc) is 2.73. The molecule has 0 unspecified atom stereocenters. The van der Waals surface area contributed by atoms with Crippen LogP contribution in [0.4, 0.5) is 10.8 Å². The van der Waals surface area contributed by atoms with Gasteiger partial charge in [-0.3, -0.25) is 0 Å². The van der Waals surface area contributed by atoms with Gasteiger partial charge in [0.05, 0.1) is 11.6 Å². The van der Waals surface area contributed by atoms with Crippen LogP contribution in [0.3, 0.4) is 0 Å². The minimum Gasteiger partial charge on any atom is -0.331 e. The molecule has 84 valence electrons. The Kier molecular flexibility index (Phi) is 3.69. The van der Waals surface area contributed by atoms with Crippen LogP contribution in [0.25, 0.3) is 0 Å². The molecule has 1 heterocycles. The first-order chi connectivity index (χ1) is 7.70. The van der Waals surface area contributed by atoms with E-state index >= 15 is 0 Å². The zero-order valence-electron chi connectivity index (χ0n) is 8.63. The minimum atomic E-state index is 0.437. The molecule has 0 fully saturated rings. The fourth-order valence-electron chi connectivity index (χ4n) is 1.28. The highest BCUT2D eigenvalue weighted by Crippen LogP contribution is 2.27. The van der Waals surface area contributed by atoms with Crippen molar-refractivity contribution < 1.29 is 0 Å². The van der Waals surface area contributed by atoms with Crippen LogP contribution >= 0.6 is 34.5 Å². The van der Waals surface area contributed by atoms with Gasteiger partial charge in [-0.1, -0.05) is 17.7 Å². The van der Waals surface area contributed by atoms with E-state index in [1.54, 1.807) is 0 Å². The highest BCUT2D eigenvalue weighted by atomic mass is 35.5. The van der Waals surface area contributed by atoms with Crippen LogP contribution in [0.15, 0.2) is 23.6 Å². The van der Waals surface area contributed by atoms with Crippen molar-refractivity contribution in [3.05, 3.63) is 39.9 Å². The molecular weight excluding hydrogens is 263 g/mol. The van der Waals surface area contributed by atoms with Crippen LogP contribution in [-0.2, 0) is 5.88 Å². The van der Waals surface area contributed by atoms with E-state index < -0.39 is 0 Å². The number of hydrogen-bond acceptors (Lipinski definition) is 3. The van der Waals surface area contributed by atoms with Gasteiger partial charge < -0.3 is 5.32 Å². The third kappa shape index (κ3) is 2.48. The van der Waals surface area contributed by atoms with Gasteiger partial charge in [0, 0.05) is 16.1 Å². The zero-order chi connectivity index (χ0) is 11.5. The third-order valence-electron chi connectivity index (χ3n) is 2.20. The lowest BCUT2D eigenvalue weighted by molar-refractivity contribution is 1.22. The number of aromatic nitrogens is 1. The molecule has 1 aromatic heterocycles. The standard InChI is InChI=1S/C11H10Cl2N2S/c1-7-9(13)3-2-4-10(7)15-11-14-8(5-12)6-16-11/h2-4,6H,5H2,1H3,(H,14,15). The van der Waals surface area contributed by atoms with Crippen molar-refractivity contribution in [3.8, 4) is 0 Å². The average molecular weight is 273 g/mol. The molecule has 5 heteroatoms. The summed E-state index contributed by atoms with van der Waals surface area (Å²) in [5, 5.41) is 6.76. The van der Waals surface area contributed by atoms with E-state index in [0.29, 0.717) is 5.88 Å². The van der Waals surface area contributed by atoms with Gasteiger partial charge in [0.15, 0.2) is 5.13 Å². The first kappa shape index (κ1) is 11.7. The molecule has 1 aromatic carbocycles. The first-order valence-electron chi connectivity index (χ1n) is 4.73. The fraction of sp³-hybridized carbons (Fsp3) is 0.182. The molecule has 0 saturated heterocycles. The summed E-state index contributed by atoms with van der Waals surface area (Å²) < 4.78 is 0.